The molecule has 7 nitrogen and oxygen atoms in total. The van der Waals surface area contributed by atoms with Crippen LogP contribution in [0.4, 0.5) is 26.3 Å². The van der Waals surface area contributed by atoms with Gasteiger partial charge in [-0.05, 0) is 19.4 Å². The molecule has 0 aromatic heterocycles. The second-order valence-electron chi connectivity index (χ2n) is 6.13. The van der Waals surface area contributed by atoms with Crippen LogP contribution < -0.4 is 0 Å². The first-order valence-corrected chi connectivity index (χ1v) is 10.3. The maximum absolute atomic E-state index is 14.0. The first-order chi connectivity index (χ1) is 11.6. The Balaban J connectivity index is 2.37. The molecular weight excluding hydrogens is 418 g/mol. The normalized spacial score (nSPS) is 25.1. The van der Waals surface area contributed by atoms with E-state index in [1.54, 1.807) is 4.90 Å². The Morgan fingerprint density at radius 2 is 1.42 bits per heavy atom. The third kappa shape index (κ3) is 3.10. The second kappa shape index (κ2) is 6.46. The number of fused-ring (bicyclic) bond motifs is 1. The lowest BCUT2D eigenvalue weighted by molar-refractivity contribution is -0.247. The first kappa shape index (κ1) is 21.7. The van der Waals surface area contributed by atoms with Crippen LogP contribution in [0, 0.1) is 0 Å². The van der Waals surface area contributed by atoms with Gasteiger partial charge in [0.15, 0.2) is 0 Å². The van der Waals surface area contributed by atoms with Crippen molar-refractivity contribution in [3.63, 3.8) is 0 Å². The zero-order valence-corrected chi connectivity index (χ0v) is 14.7. The van der Waals surface area contributed by atoms with Crippen LogP contribution in [0.1, 0.15) is 19.3 Å². The quantitative estimate of drug-likeness (QED) is 0.516. The highest BCUT2D eigenvalue weighted by Crippen LogP contribution is 2.51. The fourth-order valence-corrected chi connectivity index (χ4v) is 4.98. The van der Waals surface area contributed by atoms with E-state index in [9.17, 15) is 43.2 Å². The van der Waals surface area contributed by atoms with Crippen LogP contribution in [-0.4, -0.2) is 79.2 Å². The predicted molar refractivity (Wildman–Crippen MR) is 76.1 cm³/mol. The zero-order chi connectivity index (χ0) is 20.2. The summed E-state index contributed by atoms with van der Waals surface area (Å²) in [7, 11) is -13.4. The molecule has 0 spiro atoms. The summed E-state index contributed by atoms with van der Waals surface area (Å²) >= 11 is 0. The van der Waals surface area contributed by atoms with Crippen LogP contribution in [-0.2, 0) is 20.1 Å². The molecule has 1 N–H and O–H groups in total. The van der Waals surface area contributed by atoms with E-state index in [1.165, 1.54) is 0 Å². The van der Waals surface area contributed by atoms with Gasteiger partial charge in [-0.25, -0.2) is 8.42 Å². The molecule has 2 heterocycles. The molecule has 2 saturated heterocycles. The molecule has 1 unspecified atom stereocenters. The average molecular weight is 434 g/mol. The minimum atomic E-state index is -7.01. The van der Waals surface area contributed by atoms with Crippen LogP contribution in [0.15, 0.2) is 0 Å². The van der Waals surface area contributed by atoms with Crippen molar-refractivity contribution in [3.05, 3.63) is 0 Å². The monoisotopic (exact) mass is 434 g/mol. The van der Waals surface area contributed by atoms with E-state index in [0.29, 0.717) is 19.4 Å². The summed E-state index contributed by atoms with van der Waals surface area (Å²) in [6.45, 7) is -0.737. The fourth-order valence-electron chi connectivity index (χ4n) is 3.00. The van der Waals surface area contributed by atoms with Crippen molar-refractivity contribution < 1.29 is 47.7 Å². The van der Waals surface area contributed by atoms with Gasteiger partial charge >= 0.3 is 26.5 Å². The van der Waals surface area contributed by atoms with Crippen LogP contribution in [0.2, 0.25) is 0 Å². The smallest absolute Gasteiger partial charge is 0.298 e. The summed E-state index contributed by atoms with van der Waals surface area (Å²) in [5, 5.41) is -13.2. The lowest BCUT2D eigenvalue weighted by Crippen LogP contribution is -2.65. The van der Waals surface area contributed by atoms with E-state index in [4.69, 9.17) is 4.55 Å². The molecule has 0 bridgehead atoms. The Morgan fingerprint density at radius 1 is 0.846 bits per heavy atom. The van der Waals surface area contributed by atoms with Gasteiger partial charge in [-0.15, -0.1) is 0 Å². The molecule has 0 aliphatic carbocycles. The van der Waals surface area contributed by atoms with Gasteiger partial charge < -0.3 is 0 Å². The van der Waals surface area contributed by atoms with Gasteiger partial charge in [0.05, 0.1) is 0 Å². The molecule has 26 heavy (non-hydrogen) atoms. The number of hydrogen-bond donors (Lipinski definition) is 1. The average Bonchev–Trinajstić information content (AvgIpc) is 2.52. The summed E-state index contributed by atoms with van der Waals surface area (Å²) in [5.41, 5.74) is 0. The molecule has 0 radical (unpaired) electrons. The number of hydrogen-bond acceptors (Lipinski definition) is 5. The SMILES string of the molecule is O=S(=O)(O)C(F)(F)C(F)(F)C(F)(F)S(=O)(=O)N1CCN2CCCCC2C1. The van der Waals surface area contributed by atoms with E-state index in [2.05, 4.69) is 0 Å². The Bertz CT molecular complexity index is 757. The highest BCUT2D eigenvalue weighted by Gasteiger charge is 2.82. The molecular formula is C11H16F6N2O5S2. The van der Waals surface area contributed by atoms with Gasteiger partial charge in [0.2, 0.25) is 0 Å². The molecule has 0 aromatic rings. The van der Waals surface area contributed by atoms with Gasteiger partial charge in [-0.3, -0.25) is 9.45 Å². The number of nitrogens with zero attached hydrogens (tertiary/aromatic N) is 2. The minimum Gasteiger partial charge on any atom is -0.298 e. The maximum atomic E-state index is 14.0. The Morgan fingerprint density at radius 3 is 1.96 bits per heavy atom. The van der Waals surface area contributed by atoms with Crippen molar-refractivity contribution in [1.29, 1.82) is 0 Å². The van der Waals surface area contributed by atoms with Crippen molar-refractivity contribution in [3.8, 4) is 0 Å². The summed E-state index contributed by atoms with van der Waals surface area (Å²) in [6, 6.07) is -0.529. The Hall–Kier alpha value is -0.640. The maximum Gasteiger partial charge on any atom is 0.439 e. The van der Waals surface area contributed by atoms with Crippen LogP contribution in [0.3, 0.4) is 0 Å². The molecule has 1 atom stereocenters. The number of halogens is 6. The molecule has 0 saturated carbocycles. The van der Waals surface area contributed by atoms with E-state index in [1.807, 2.05) is 0 Å². The molecule has 0 aromatic carbocycles. The molecule has 2 aliphatic rings. The van der Waals surface area contributed by atoms with E-state index >= 15 is 0 Å². The van der Waals surface area contributed by atoms with E-state index in [-0.39, 0.29) is 10.8 Å². The van der Waals surface area contributed by atoms with Crippen molar-refractivity contribution in [2.45, 2.75) is 41.7 Å². The number of rotatable bonds is 5. The third-order valence-corrected chi connectivity index (χ3v) is 7.34. The number of piperazine rings is 1. The third-order valence-electron chi connectivity index (χ3n) is 4.52. The van der Waals surface area contributed by atoms with Crippen LogP contribution in [0.25, 0.3) is 0 Å². The van der Waals surface area contributed by atoms with E-state index in [0.717, 1.165) is 6.42 Å². The highest BCUT2D eigenvalue weighted by atomic mass is 32.2. The lowest BCUT2D eigenvalue weighted by atomic mass is 10.0. The van der Waals surface area contributed by atoms with Gasteiger partial charge in [0.1, 0.15) is 0 Å². The topological polar surface area (TPSA) is 95.0 Å². The van der Waals surface area contributed by atoms with Gasteiger partial charge in [-0.1, -0.05) is 6.42 Å². The minimum absolute atomic E-state index is 0.0343. The summed E-state index contributed by atoms with van der Waals surface area (Å²) in [4.78, 5) is 1.78. The van der Waals surface area contributed by atoms with Crippen molar-refractivity contribution >= 4 is 20.1 Å². The number of piperidine rings is 1. The standard InChI is InChI=1S/C11H16F6N2O5S2/c12-9(13,11(16,17)26(22,23)24)10(14,15)25(20,21)19-6-5-18-4-2-1-3-8(18)7-19/h8H,1-7H2,(H,22,23,24). The predicted octanol–water partition coefficient (Wildman–Crippen LogP) is 1.20. The van der Waals surface area contributed by atoms with E-state index < -0.39 is 55.7 Å². The molecule has 154 valence electrons. The largest absolute Gasteiger partial charge is 0.439 e. The summed E-state index contributed by atoms with van der Waals surface area (Å²) < 4.78 is 134. The number of sulfonamides is 1. The number of alkyl halides is 6. The summed E-state index contributed by atoms with van der Waals surface area (Å²) in [5.74, 6) is -6.89. The van der Waals surface area contributed by atoms with Crippen molar-refractivity contribution in [2.24, 2.45) is 0 Å². The fraction of sp³-hybridized carbons (Fsp3) is 1.00. The van der Waals surface area contributed by atoms with Crippen molar-refractivity contribution in [1.82, 2.24) is 9.21 Å². The van der Waals surface area contributed by atoms with Gasteiger partial charge in [-0.2, -0.15) is 39.1 Å². The Kier molecular flexibility index (Phi) is 5.38. The Labute approximate surface area is 145 Å². The molecule has 2 aliphatic heterocycles. The van der Waals surface area contributed by atoms with Crippen molar-refractivity contribution in [2.75, 3.05) is 26.2 Å². The van der Waals surface area contributed by atoms with Crippen LogP contribution in [0.5, 0.6) is 0 Å². The van der Waals surface area contributed by atoms with Gasteiger partial charge in [0.25, 0.3) is 10.0 Å². The lowest BCUT2D eigenvalue weighted by Gasteiger charge is -2.44. The highest BCUT2D eigenvalue weighted by molar-refractivity contribution is 7.90. The molecule has 2 fully saturated rings. The molecule has 0 amide bonds. The van der Waals surface area contributed by atoms with Crippen LogP contribution >= 0.6 is 0 Å². The summed E-state index contributed by atoms with van der Waals surface area (Å²) in [6.07, 6.45) is 1.86. The molecule has 2 rings (SSSR count). The zero-order valence-electron chi connectivity index (χ0n) is 13.1. The molecule has 15 heteroatoms. The van der Waals surface area contributed by atoms with Gasteiger partial charge in [0, 0.05) is 25.7 Å². The first-order valence-electron chi connectivity index (χ1n) is 7.41. The second-order valence-corrected chi connectivity index (χ2v) is 9.57.